The van der Waals surface area contributed by atoms with Crippen LogP contribution in [0.1, 0.15) is 16.8 Å². The molecule has 1 aliphatic heterocycles. The summed E-state index contributed by atoms with van der Waals surface area (Å²) >= 11 is 6.15. The molecule has 0 radical (unpaired) electrons. The second-order valence-corrected chi connectivity index (χ2v) is 6.10. The number of nitrogens with zero attached hydrogens (tertiary/aromatic N) is 3. The van der Waals surface area contributed by atoms with E-state index in [1.54, 1.807) is 23.1 Å². The van der Waals surface area contributed by atoms with Crippen LogP contribution >= 0.6 is 11.6 Å². The molecule has 6 nitrogen and oxygen atoms in total. The van der Waals surface area contributed by atoms with Crippen LogP contribution in [-0.4, -0.2) is 60.0 Å². The summed E-state index contributed by atoms with van der Waals surface area (Å²) in [6.07, 6.45) is 4.17. The van der Waals surface area contributed by atoms with Gasteiger partial charge in [0.15, 0.2) is 0 Å². The summed E-state index contributed by atoms with van der Waals surface area (Å²) in [5.74, 6) is -0.115. The molecule has 1 fully saturated rings. The molecule has 1 aromatic carbocycles. The number of carbonyl (C=O) groups is 1. The number of amides is 1. The Bertz CT molecular complexity index is 683. The number of para-hydroxylation sites is 1. The Hall–Kier alpha value is -1.89. The minimum absolute atomic E-state index is 0.115. The first-order valence-electron chi connectivity index (χ1n) is 8.12. The Kier molecular flexibility index (Phi) is 5.85. The topological polar surface area (TPSA) is 59.4 Å². The molecule has 3 rings (SSSR count). The number of benzene rings is 1. The van der Waals surface area contributed by atoms with E-state index < -0.39 is 0 Å². The van der Waals surface area contributed by atoms with Crippen molar-refractivity contribution in [3.8, 4) is 5.69 Å². The fourth-order valence-corrected chi connectivity index (χ4v) is 2.86. The number of ether oxygens (including phenoxy) is 1. The maximum atomic E-state index is 12.2. The van der Waals surface area contributed by atoms with Crippen molar-refractivity contribution in [3.63, 3.8) is 0 Å². The molecule has 0 atom stereocenters. The van der Waals surface area contributed by atoms with E-state index >= 15 is 0 Å². The first kappa shape index (κ1) is 17.0. The van der Waals surface area contributed by atoms with Gasteiger partial charge in [-0.3, -0.25) is 9.69 Å². The van der Waals surface area contributed by atoms with E-state index in [-0.39, 0.29) is 5.91 Å². The number of hydrogen-bond donors (Lipinski definition) is 1. The lowest BCUT2D eigenvalue weighted by atomic mass is 10.3. The molecule has 1 saturated heterocycles. The van der Waals surface area contributed by atoms with E-state index in [9.17, 15) is 4.79 Å². The third kappa shape index (κ3) is 4.35. The molecule has 0 saturated carbocycles. The van der Waals surface area contributed by atoms with Crippen LogP contribution in [0.4, 0.5) is 0 Å². The van der Waals surface area contributed by atoms with Gasteiger partial charge in [0.2, 0.25) is 0 Å². The van der Waals surface area contributed by atoms with Gasteiger partial charge in [-0.25, -0.2) is 4.68 Å². The van der Waals surface area contributed by atoms with E-state index in [0.29, 0.717) is 17.1 Å². The predicted octanol–water partition coefficient (Wildman–Crippen LogP) is 1.98. The summed E-state index contributed by atoms with van der Waals surface area (Å²) in [7, 11) is 0. The highest BCUT2D eigenvalue weighted by Gasteiger charge is 2.12. The van der Waals surface area contributed by atoms with Gasteiger partial charge in [0.1, 0.15) is 0 Å². The molecule has 2 aromatic rings. The quantitative estimate of drug-likeness (QED) is 0.811. The van der Waals surface area contributed by atoms with E-state index in [1.165, 1.54) is 0 Å². The minimum Gasteiger partial charge on any atom is -0.379 e. The molecular formula is C17H21ClN4O2. The molecule has 24 heavy (non-hydrogen) atoms. The number of halogens is 1. The summed E-state index contributed by atoms with van der Waals surface area (Å²) in [6.45, 7) is 5.16. The van der Waals surface area contributed by atoms with Crippen molar-refractivity contribution >= 4 is 17.5 Å². The molecule has 2 heterocycles. The zero-order chi connectivity index (χ0) is 16.8. The maximum Gasteiger partial charge on any atom is 0.254 e. The van der Waals surface area contributed by atoms with Gasteiger partial charge in [-0.05, 0) is 25.1 Å². The Morgan fingerprint density at radius 2 is 2.08 bits per heavy atom. The number of nitrogens with one attached hydrogen (secondary N) is 1. The lowest BCUT2D eigenvalue weighted by molar-refractivity contribution is 0.0374. The first-order chi connectivity index (χ1) is 11.7. The van der Waals surface area contributed by atoms with Gasteiger partial charge >= 0.3 is 0 Å². The van der Waals surface area contributed by atoms with E-state index in [4.69, 9.17) is 16.3 Å². The van der Waals surface area contributed by atoms with Crippen LogP contribution in [0.15, 0.2) is 36.7 Å². The lowest BCUT2D eigenvalue weighted by Gasteiger charge is -2.26. The average molecular weight is 349 g/mol. The van der Waals surface area contributed by atoms with Crippen LogP contribution < -0.4 is 5.32 Å². The summed E-state index contributed by atoms with van der Waals surface area (Å²) in [5.41, 5.74) is 1.28. The van der Waals surface area contributed by atoms with Gasteiger partial charge in [-0.1, -0.05) is 23.7 Å². The van der Waals surface area contributed by atoms with Crippen LogP contribution in [-0.2, 0) is 4.74 Å². The normalized spacial score (nSPS) is 15.4. The van der Waals surface area contributed by atoms with Crippen LogP contribution in [0.3, 0.4) is 0 Å². The molecule has 7 heteroatoms. The predicted molar refractivity (Wildman–Crippen MR) is 92.8 cm³/mol. The summed E-state index contributed by atoms with van der Waals surface area (Å²) < 4.78 is 6.94. The van der Waals surface area contributed by atoms with E-state index in [1.807, 2.05) is 18.2 Å². The fraction of sp³-hybridized carbons (Fsp3) is 0.412. The summed E-state index contributed by atoms with van der Waals surface area (Å²) in [4.78, 5) is 14.5. The van der Waals surface area contributed by atoms with Crippen LogP contribution in [0.25, 0.3) is 5.69 Å². The van der Waals surface area contributed by atoms with Gasteiger partial charge in [0, 0.05) is 25.8 Å². The van der Waals surface area contributed by atoms with Gasteiger partial charge in [0.25, 0.3) is 5.91 Å². The van der Waals surface area contributed by atoms with Crippen molar-refractivity contribution in [2.75, 3.05) is 39.4 Å². The summed E-state index contributed by atoms with van der Waals surface area (Å²) in [5, 5.41) is 7.75. The molecule has 1 amide bonds. The Morgan fingerprint density at radius 3 is 2.88 bits per heavy atom. The highest BCUT2D eigenvalue weighted by molar-refractivity contribution is 6.32. The van der Waals surface area contributed by atoms with Crippen LogP contribution in [0.5, 0.6) is 0 Å². The van der Waals surface area contributed by atoms with Gasteiger partial charge < -0.3 is 10.1 Å². The molecule has 128 valence electrons. The molecule has 0 unspecified atom stereocenters. The van der Waals surface area contributed by atoms with Crippen molar-refractivity contribution in [2.45, 2.75) is 6.42 Å². The highest BCUT2D eigenvalue weighted by atomic mass is 35.5. The van der Waals surface area contributed by atoms with Crippen LogP contribution in [0, 0.1) is 0 Å². The Labute approximate surface area is 146 Å². The number of aromatic nitrogens is 2. The molecular weight excluding hydrogens is 328 g/mol. The SMILES string of the molecule is O=C(NCCCN1CCOCC1)c1cnn(-c2ccccc2Cl)c1. The van der Waals surface area contributed by atoms with Gasteiger partial charge in [-0.15, -0.1) is 0 Å². The first-order valence-corrected chi connectivity index (χ1v) is 8.50. The number of hydrogen-bond acceptors (Lipinski definition) is 4. The Balaban J connectivity index is 1.48. The monoisotopic (exact) mass is 348 g/mol. The zero-order valence-electron chi connectivity index (χ0n) is 13.4. The standard InChI is InChI=1S/C17H21ClN4O2/c18-15-4-1-2-5-16(15)22-13-14(12-20-22)17(23)19-6-3-7-21-8-10-24-11-9-21/h1-2,4-5,12-13H,3,6-11H2,(H,19,23). The van der Waals surface area contributed by atoms with E-state index in [2.05, 4.69) is 15.3 Å². The zero-order valence-corrected chi connectivity index (χ0v) is 14.2. The average Bonchev–Trinajstić information content (AvgIpc) is 3.10. The van der Waals surface area contributed by atoms with Crippen molar-refractivity contribution in [1.29, 1.82) is 0 Å². The van der Waals surface area contributed by atoms with E-state index in [0.717, 1.165) is 45.0 Å². The second-order valence-electron chi connectivity index (χ2n) is 5.69. The molecule has 1 aromatic heterocycles. The Morgan fingerprint density at radius 1 is 1.29 bits per heavy atom. The highest BCUT2D eigenvalue weighted by Crippen LogP contribution is 2.19. The lowest BCUT2D eigenvalue weighted by Crippen LogP contribution is -2.38. The molecule has 0 aliphatic carbocycles. The largest absolute Gasteiger partial charge is 0.379 e. The summed E-state index contributed by atoms with van der Waals surface area (Å²) in [6, 6.07) is 7.40. The molecule has 0 bridgehead atoms. The minimum atomic E-state index is -0.115. The van der Waals surface area contributed by atoms with Crippen molar-refractivity contribution in [2.24, 2.45) is 0 Å². The third-order valence-electron chi connectivity index (χ3n) is 3.98. The van der Waals surface area contributed by atoms with Gasteiger partial charge in [0.05, 0.1) is 35.7 Å². The second kappa shape index (κ2) is 8.28. The van der Waals surface area contributed by atoms with Gasteiger partial charge in [-0.2, -0.15) is 5.10 Å². The molecule has 1 aliphatic rings. The molecule has 0 spiro atoms. The molecule has 1 N–H and O–H groups in total. The fourth-order valence-electron chi connectivity index (χ4n) is 2.64. The van der Waals surface area contributed by atoms with Crippen molar-refractivity contribution in [1.82, 2.24) is 20.0 Å². The maximum absolute atomic E-state index is 12.2. The van der Waals surface area contributed by atoms with Crippen molar-refractivity contribution in [3.05, 3.63) is 47.2 Å². The third-order valence-corrected chi connectivity index (χ3v) is 4.30. The number of rotatable bonds is 6. The number of morpholine rings is 1. The van der Waals surface area contributed by atoms with Crippen molar-refractivity contribution < 1.29 is 9.53 Å². The smallest absolute Gasteiger partial charge is 0.254 e. The number of carbonyl (C=O) groups excluding carboxylic acids is 1. The van der Waals surface area contributed by atoms with Crippen LogP contribution in [0.2, 0.25) is 5.02 Å².